The van der Waals surface area contributed by atoms with Crippen LogP contribution in [0.1, 0.15) is 34.3 Å². The van der Waals surface area contributed by atoms with Crippen molar-refractivity contribution in [2.24, 2.45) is 10.1 Å². The Hall–Kier alpha value is -3.72. The molecule has 1 spiro atoms. The summed E-state index contributed by atoms with van der Waals surface area (Å²) in [7, 11) is 3.98. The van der Waals surface area contributed by atoms with Crippen LogP contribution in [-0.2, 0) is 6.54 Å². The predicted molar refractivity (Wildman–Crippen MR) is 141 cm³/mol. The molecule has 1 fully saturated rings. The standard InChI is InChI=1S/C27H33N7O2/c1-19-16-20(8-9-21(19)17-29-26(36)34-13-5-12-32(2)14-15-34)25(35)22-10-11-28-23-6-4-7-24-27(23,31-22)18-30-33(24)3/h6-11,16,18,31H,4-5,12-15,17H2,1-3H3,(H,29,36). The largest absolute Gasteiger partial charge is 0.361 e. The Morgan fingerprint density at radius 3 is 2.83 bits per heavy atom. The minimum absolute atomic E-state index is 0.0420. The molecule has 0 saturated carbocycles. The highest BCUT2D eigenvalue weighted by molar-refractivity contribution is 6.11. The molecule has 9 nitrogen and oxygen atoms in total. The van der Waals surface area contributed by atoms with E-state index in [1.807, 2.05) is 48.3 Å². The van der Waals surface area contributed by atoms with Crippen molar-refractivity contribution in [3.63, 3.8) is 0 Å². The van der Waals surface area contributed by atoms with Gasteiger partial charge < -0.3 is 20.4 Å². The van der Waals surface area contributed by atoms with Gasteiger partial charge in [-0.2, -0.15) is 5.10 Å². The van der Waals surface area contributed by atoms with Gasteiger partial charge in [-0.1, -0.05) is 24.3 Å². The van der Waals surface area contributed by atoms with Crippen LogP contribution in [0.25, 0.3) is 0 Å². The van der Waals surface area contributed by atoms with E-state index in [9.17, 15) is 9.59 Å². The van der Waals surface area contributed by atoms with Crippen LogP contribution in [0.3, 0.4) is 0 Å². The van der Waals surface area contributed by atoms with Gasteiger partial charge in [0.1, 0.15) is 0 Å². The molecular formula is C27H33N7O2. The molecule has 1 aromatic carbocycles. The van der Waals surface area contributed by atoms with Gasteiger partial charge in [-0.3, -0.25) is 14.8 Å². The Morgan fingerprint density at radius 2 is 2.00 bits per heavy atom. The molecule has 2 amide bonds. The molecule has 188 valence electrons. The first-order valence-corrected chi connectivity index (χ1v) is 12.5. The number of nitrogens with zero attached hydrogens (tertiary/aromatic N) is 5. The highest BCUT2D eigenvalue weighted by Gasteiger charge is 2.46. The van der Waals surface area contributed by atoms with E-state index in [0.29, 0.717) is 17.8 Å². The third-order valence-corrected chi connectivity index (χ3v) is 7.28. The number of rotatable bonds is 4. The highest BCUT2D eigenvalue weighted by atomic mass is 16.2. The van der Waals surface area contributed by atoms with Crippen LogP contribution in [0.2, 0.25) is 0 Å². The minimum atomic E-state index is -0.733. The van der Waals surface area contributed by atoms with Gasteiger partial charge in [0, 0.05) is 45.0 Å². The molecule has 9 heteroatoms. The number of hydrogen-bond acceptors (Lipinski definition) is 7. The fraction of sp³-hybridized carbons (Fsp3) is 0.407. The summed E-state index contributed by atoms with van der Waals surface area (Å²) in [6, 6.07) is 5.59. The van der Waals surface area contributed by atoms with Crippen molar-refractivity contribution < 1.29 is 9.59 Å². The van der Waals surface area contributed by atoms with E-state index in [2.05, 4.69) is 44.8 Å². The number of urea groups is 1. The maximum absolute atomic E-state index is 13.5. The molecule has 2 N–H and O–H groups in total. The number of aryl methyl sites for hydroxylation is 1. The van der Waals surface area contributed by atoms with E-state index in [-0.39, 0.29) is 11.8 Å². The summed E-state index contributed by atoms with van der Waals surface area (Å²) < 4.78 is 0. The molecule has 1 saturated heterocycles. The van der Waals surface area contributed by atoms with E-state index in [1.54, 1.807) is 12.3 Å². The van der Waals surface area contributed by atoms with Crippen LogP contribution in [-0.4, -0.2) is 84.9 Å². The number of aliphatic imine (C=N–C) groups is 1. The number of hydrogen-bond donors (Lipinski definition) is 2. The molecule has 4 aliphatic rings. The van der Waals surface area contributed by atoms with E-state index in [1.165, 1.54) is 0 Å². The number of ketones is 1. The van der Waals surface area contributed by atoms with Crippen molar-refractivity contribution >= 4 is 24.2 Å². The molecule has 0 bridgehead atoms. The van der Waals surface area contributed by atoms with Gasteiger partial charge in [-0.15, -0.1) is 0 Å². The lowest BCUT2D eigenvalue weighted by molar-refractivity contribution is 0.102. The van der Waals surface area contributed by atoms with Crippen molar-refractivity contribution in [3.8, 4) is 0 Å². The SMILES string of the molecule is Cc1cc(C(=O)C2=CC=NC3=CCC=C4N(C)N=CC34N2)ccc1CNC(=O)N1CCCN(C)CC1. The zero-order valence-corrected chi connectivity index (χ0v) is 21.1. The first-order valence-electron chi connectivity index (χ1n) is 12.5. The first-order chi connectivity index (χ1) is 17.4. The molecule has 3 aliphatic heterocycles. The normalized spacial score (nSPS) is 23.5. The first kappa shape index (κ1) is 24.0. The lowest BCUT2D eigenvalue weighted by atomic mass is 9.87. The number of Topliss-reactive ketones (excluding diaryl/α,β-unsaturated/α-hetero) is 1. The van der Waals surface area contributed by atoms with Crippen LogP contribution in [0, 0.1) is 6.92 Å². The molecule has 3 heterocycles. The summed E-state index contributed by atoms with van der Waals surface area (Å²) in [4.78, 5) is 34.9. The molecule has 1 aromatic rings. The Balaban J connectivity index is 1.27. The Labute approximate surface area is 211 Å². The Bertz CT molecular complexity index is 1230. The zero-order valence-electron chi connectivity index (χ0n) is 21.1. The van der Waals surface area contributed by atoms with Gasteiger partial charge in [0.05, 0.1) is 23.3 Å². The van der Waals surface area contributed by atoms with Gasteiger partial charge in [0.25, 0.3) is 0 Å². The summed E-state index contributed by atoms with van der Waals surface area (Å²) in [5.74, 6) is -0.114. The van der Waals surface area contributed by atoms with E-state index >= 15 is 0 Å². The molecule has 36 heavy (non-hydrogen) atoms. The smallest absolute Gasteiger partial charge is 0.317 e. The maximum atomic E-state index is 13.5. The van der Waals surface area contributed by atoms with Crippen LogP contribution in [0.15, 0.2) is 63.6 Å². The van der Waals surface area contributed by atoms with E-state index in [0.717, 1.165) is 61.5 Å². The lowest BCUT2D eigenvalue weighted by Crippen LogP contribution is -2.50. The van der Waals surface area contributed by atoms with Crippen molar-refractivity contribution in [2.45, 2.75) is 31.8 Å². The second-order valence-electron chi connectivity index (χ2n) is 9.75. The number of benzene rings is 1. The third-order valence-electron chi connectivity index (χ3n) is 7.28. The number of hydrazone groups is 1. The van der Waals surface area contributed by atoms with Gasteiger partial charge in [0.2, 0.25) is 5.78 Å². The average Bonchev–Trinajstić information content (AvgIpc) is 3.01. The molecule has 1 atom stereocenters. The predicted octanol–water partition coefficient (Wildman–Crippen LogP) is 2.42. The topological polar surface area (TPSA) is 92.6 Å². The lowest BCUT2D eigenvalue weighted by Gasteiger charge is -2.34. The summed E-state index contributed by atoms with van der Waals surface area (Å²) >= 11 is 0. The number of carbonyl (C=O) groups is 2. The molecule has 5 rings (SSSR count). The van der Waals surface area contributed by atoms with Crippen molar-refractivity contribution in [1.82, 2.24) is 25.4 Å². The molecule has 1 aliphatic carbocycles. The van der Waals surface area contributed by atoms with Gasteiger partial charge in [-0.25, -0.2) is 4.79 Å². The van der Waals surface area contributed by atoms with Crippen molar-refractivity contribution in [3.05, 3.63) is 70.2 Å². The molecule has 1 unspecified atom stereocenters. The molecule has 0 aromatic heterocycles. The van der Waals surface area contributed by atoms with Crippen LogP contribution in [0.5, 0.6) is 0 Å². The average molecular weight is 488 g/mol. The fourth-order valence-electron chi connectivity index (χ4n) is 5.11. The van der Waals surface area contributed by atoms with Crippen molar-refractivity contribution in [2.75, 3.05) is 40.3 Å². The second-order valence-corrected chi connectivity index (χ2v) is 9.75. The van der Waals surface area contributed by atoms with E-state index < -0.39 is 5.54 Å². The number of likely N-dealkylation sites (N-methyl/N-ethyl adjacent to an activating group) is 2. The molecule has 0 radical (unpaired) electrons. The summed E-state index contributed by atoms with van der Waals surface area (Å²) in [6.45, 7) is 5.79. The van der Waals surface area contributed by atoms with Gasteiger partial charge in [0.15, 0.2) is 5.54 Å². The van der Waals surface area contributed by atoms with Crippen LogP contribution in [0.4, 0.5) is 4.79 Å². The van der Waals surface area contributed by atoms with E-state index in [4.69, 9.17) is 0 Å². The second kappa shape index (κ2) is 9.73. The van der Waals surface area contributed by atoms with Gasteiger partial charge in [-0.05, 0) is 56.6 Å². The Morgan fingerprint density at radius 1 is 1.14 bits per heavy atom. The summed E-state index contributed by atoms with van der Waals surface area (Å²) in [5.41, 5.74) is 4.06. The zero-order chi connectivity index (χ0) is 25.3. The monoisotopic (exact) mass is 487 g/mol. The summed E-state index contributed by atoms with van der Waals surface area (Å²) in [6.07, 6.45) is 11.1. The number of amides is 2. The van der Waals surface area contributed by atoms with Crippen molar-refractivity contribution in [1.29, 1.82) is 0 Å². The van der Waals surface area contributed by atoms with Crippen LogP contribution < -0.4 is 10.6 Å². The maximum Gasteiger partial charge on any atom is 0.317 e. The fourth-order valence-corrected chi connectivity index (χ4v) is 5.11. The third kappa shape index (κ3) is 4.46. The quantitative estimate of drug-likeness (QED) is 0.637. The van der Waals surface area contributed by atoms with Gasteiger partial charge >= 0.3 is 6.03 Å². The van der Waals surface area contributed by atoms with Crippen LogP contribution >= 0.6 is 0 Å². The number of carbonyl (C=O) groups excluding carboxylic acids is 2. The summed E-state index contributed by atoms with van der Waals surface area (Å²) in [5, 5.41) is 12.7. The minimum Gasteiger partial charge on any atom is -0.361 e. The highest BCUT2D eigenvalue weighted by Crippen LogP contribution is 2.37. The molecular weight excluding hydrogens is 454 g/mol. The Kier molecular flexibility index (Phi) is 6.49. The number of allylic oxidation sites excluding steroid dienone is 4. The number of nitrogens with one attached hydrogen (secondary N) is 2.